The number of rotatable bonds is 9. The zero-order valence-electron chi connectivity index (χ0n) is 23.2. The summed E-state index contributed by atoms with van der Waals surface area (Å²) in [6.45, 7) is 9.65. The molecular formula is C31H41NO6. The zero-order valence-corrected chi connectivity index (χ0v) is 23.2. The predicted octanol–water partition coefficient (Wildman–Crippen LogP) is 5.67. The molecule has 0 aromatic heterocycles. The molecular weight excluding hydrogens is 482 g/mol. The van der Waals surface area contributed by atoms with E-state index in [9.17, 15) is 19.8 Å². The van der Waals surface area contributed by atoms with Crippen molar-refractivity contribution in [3.05, 3.63) is 64.7 Å². The van der Waals surface area contributed by atoms with E-state index < -0.39 is 17.2 Å². The van der Waals surface area contributed by atoms with Crippen LogP contribution in [0.15, 0.2) is 42.5 Å². The number of aryl methyl sites for hydroxylation is 1. The fourth-order valence-electron chi connectivity index (χ4n) is 5.79. The average molecular weight is 524 g/mol. The van der Waals surface area contributed by atoms with Crippen molar-refractivity contribution in [1.29, 1.82) is 0 Å². The topological polar surface area (TPSA) is 96.3 Å². The molecule has 1 fully saturated rings. The Balaban J connectivity index is 1.62. The van der Waals surface area contributed by atoms with Gasteiger partial charge in [-0.15, -0.1) is 0 Å². The summed E-state index contributed by atoms with van der Waals surface area (Å²) in [5.41, 5.74) is 2.07. The highest BCUT2D eigenvalue weighted by molar-refractivity contribution is 5.96. The Hall–Kier alpha value is -2.90. The maximum Gasteiger partial charge on any atom is 0.323 e. The van der Waals surface area contributed by atoms with Crippen LogP contribution in [-0.4, -0.2) is 50.8 Å². The van der Waals surface area contributed by atoms with Crippen LogP contribution in [0.1, 0.15) is 93.0 Å². The van der Waals surface area contributed by atoms with Crippen LogP contribution in [-0.2, 0) is 16.1 Å². The quantitative estimate of drug-likeness (QED) is 0.440. The van der Waals surface area contributed by atoms with Gasteiger partial charge in [0.1, 0.15) is 17.9 Å². The number of amides is 1. The van der Waals surface area contributed by atoms with Crippen molar-refractivity contribution in [3.63, 3.8) is 0 Å². The number of ether oxygens (including phenoxy) is 2. The molecule has 0 spiro atoms. The third kappa shape index (κ3) is 6.56. The number of fused-ring (bicyclic) bond motifs is 3. The van der Waals surface area contributed by atoms with Crippen LogP contribution in [0.5, 0.6) is 5.75 Å². The molecule has 206 valence electrons. The molecule has 4 atom stereocenters. The van der Waals surface area contributed by atoms with Crippen LogP contribution in [0.2, 0.25) is 0 Å². The zero-order chi connectivity index (χ0) is 27.7. The summed E-state index contributed by atoms with van der Waals surface area (Å²) in [6, 6.07) is 13.1. The van der Waals surface area contributed by atoms with Gasteiger partial charge in [0.15, 0.2) is 0 Å². The first-order valence-electron chi connectivity index (χ1n) is 13.6. The lowest BCUT2D eigenvalue weighted by molar-refractivity contribution is -0.153. The summed E-state index contributed by atoms with van der Waals surface area (Å²) in [5.74, 6) is -0.584. The average Bonchev–Trinajstić information content (AvgIpc) is 2.83. The number of nitrogens with zero attached hydrogens (tertiary/aromatic N) is 1. The molecule has 0 saturated carbocycles. The van der Waals surface area contributed by atoms with Gasteiger partial charge in [-0.05, 0) is 90.5 Å². The third-order valence-electron chi connectivity index (χ3n) is 7.89. The minimum atomic E-state index is -1.06. The van der Waals surface area contributed by atoms with Gasteiger partial charge in [0.25, 0.3) is 5.91 Å². The van der Waals surface area contributed by atoms with Gasteiger partial charge in [-0.3, -0.25) is 9.59 Å². The minimum absolute atomic E-state index is 0.0900. The molecule has 2 N–H and O–H groups in total. The molecule has 2 aromatic carbocycles. The monoisotopic (exact) mass is 523 g/mol. The van der Waals surface area contributed by atoms with Gasteiger partial charge in [0, 0.05) is 23.6 Å². The maximum absolute atomic E-state index is 13.6. The van der Waals surface area contributed by atoms with Crippen molar-refractivity contribution in [2.45, 2.75) is 96.7 Å². The van der Waals surface area contributed by atoms with E-state index in [1.807, 2.05) is 57.2 Å². The highest BCUT2D eigenvalue weighted by Gasteiger charge is 2.49. The maximum atomic E-state index is 13.6. The van der Waals surface area contributed by atoms with E-state index in [0.29, 0.717) is 17.7 Å². The Morgan fingerprint density at radius 2 is 1.84 bits per heavy atom. The molecule has 2 aliphatic rings. The van der Waals surface area contributed by atoms with Crippen LogP contribution in [0.4, 0.5) is 0 Å². The van der Waals surface area contributed by atoms with Gasteiger partial charge >= 0.3 is 5.97 Å². The summed E-state index contributed by atoms with van der Waals surface area (Å²) in [5, 5.41) is 19.7. The predicted molar refractivity (Wildman–Crippen MR) is 145 cm³/mol. The Kier molecular flexibility index (Phi) is 8.19. The summed E-state index contributed by atoms with van der Waals surface area (Å²) >= 11 is 0. The van der Waals surface area contributed by atoms with Gasteiger partial charge in [-0.2, -0.15) is 0 Å². The largest absolute Gasteiger partial charge is 0.487 e. The highest BCUT2D eigenvalue weighted by atomic mass is 16.5. The van der Waals surface area contributed by atoms with Crippen LogP contribution >= 0.6 is 0 Å². The molecule has 0 aliphatic carbocycles. The molecule has 0 bridgehead atoms. The molecule has 1 amide bonds. The van der Waals surface area contributed by atoms with E-state index in [0.717, 1.165) is 42.4 Å². The minimum Gasteiger partial charge on any atom is -0.487 e. The molecule has 38 heavy (non-hydrogen) atoms. The van der Waals surface area contributed by atoms with Crippen molar-refractivity contribution in [3.8, 4) is 5.75 Å². The van der Waals surface area contributed by atoms with Crippen molar-refractivity contribution in [2.75, 3.05) is 6.54 Å². The second kappa shape index (κ2) is 11.1. The van der Waals surface area contributed by atoms with Crippen LogP contribution < -0.4 is 4.74 Å². The smallest absolute Gasteiger partial charge is 0.323 e. The second-order valence-electron chi connectivity index (χ2n) is 11.9. The van der Waals surface area contributed by atoms with Gasteiger partial charge in [0.05, 0.1) is 17.8 Å². The normalized spacial score (nSPS) is 24.6. The second-order valence-corrected chi connectivity index (χ2v) is 11.9. The number of hydrogen-bond acceptors (Lipinski definition) is 5. The van der Waals surface area contributed by atoms with Crippen LogP contribution in [0.25, 0.3) is 0 Å². The van der Waals surface area contributed by atoms with Gasteiger partial charge in [-0.1, -0.05) is 29.8 Å². The van der Waals surface area contributed by atoms with E-state index >= 15 is 0 Å². The van der Waals surface area contributed by atoms with Gasteiger partial charge in [-0.25, -0.2) is 0 Å². The molecule has 1 saturated heterocycles. The molecule has 0 radical (unpaired) electrons. The summed E-state index contributed by atoms with van der Waals surface area (Å²) < 4.78 is 13.1. The van der Waals surface area contributed by atoms with Crippen molar-refractivity contribution in [1.82, 2.24) is 4.90 Å². The lowest BCUT2D eigenvalue weighted by Gasteiger charge is -2.50. The molecule has 0 unspecified atom stereocenters. The van der Waals surface area contributed by atoms with E-state index in [-0.39, 0.29) is 37.1 Å². The Morgan fingerprint density at radius 3 is 2.50 bits per heavy atom. The Labute approximate surface area is 225 Å². The van der Waals surface area contributed by atoms with E-state index in [1.54, 1.807) is 6.07 Å². The molecule has 2 heterocycles. The number of carboxylic acids is 1. The third-order valence-corrected chi connectivity index (χ3v) is 7.89. The number of carboxylic acid groups (broad SMARTS) is 1. The van der Waals surface area contributed by atoms with Gasteiger partial charge < -0.3 is 24.6 Å². The van der Waals surface area contributed by atoms with Crippen LogP contribution in [0.3, 0.4) is 0 Å². The summed E-state index contributed by atoms with van der Waals surface area (Å²) in [7, 11) is 0. The highest BCUT2D eigenvalue weighted by Crippen LogP contribution is 2.52. The lowest BCUT2D eigenvalue weighted by Crippen LogP contribution is -2.50. The number of hydrogen-bond donors (Lipinski definition) is 2. The van der Waals surface area contributed by atoms with E-state index in [4.69, 9.17) is 9.47 Å². The van der Waals surface area contributed by atoms with E-state index in [1.165, 1.54) is 4.90 Å². The van der Waals surface area contributed by atoms with Gasteiger partial charge in [0.2, 0.25) is 0 Å². The van der Waals surface area contributed by atoms with Crippen molar-refractivity contribution in [2.24, 2.45) is 5.92 Å². The lowest BCUT2D eigenvalue weighted by atomic mass is 9.72. The number of carbonyl (C=O) groups excluding carboxylic acids is 1. The summed E-state index contributed by atoms with van der Waals surface area (Å²) in [6.07, 6.45) is 4.05. The van der Waals surface area contributed by atoms with Crippen molar-refractivity contribution >= 4 is 11.9 Å². The first-order chi connectivity index (χ1) is 17.8. The SMILES string of the molecule is Cc1ccc(CN(CC(=O)O)C(=O)c2ccc3c(c2)[C@@H]2O[C@H](C)CC[C@H]2[C@@](C)(CCCC(C)(C)O)O3)cc1. The summed E-state index contributed by atoms with van der Waals surface area (Å²) in [4.78, 5) is 26.6. The number of aliphatic carboxylic acids is 1. The number of carbonyl (C=O) groups is 2. The van der Waals surface area contributed by atoms with Crippen molar-refractivity contribution < 1.29 is 29.3 Å². The Bertz CT molecular complexity index is 1150. The molecule has 2 aromatic rings. The van der Waals surface area contributed by atoms with E-state index in [2.05, 4.69) is 13.8 Å². The fraction of sp³-hybridized carbons (Fsp3) is 0.548. The number of benzene rings is 2. The fourth-order valence-corrected chi connectivity index (χ4v) is 5.79. The van der Waals surface area contributed by atoms with Crippen LogP contribution in [0, 0.1) is 12.8 Å². The molecule has 2 aliphatic heterocycles. The standard InChI is InChI=1S/C31H41NO6/c1-20-7-10-22(11-8-20)18-32(19-27(33)34)29(35)23-12-14-26-24(17-23)28-25(13-9-21(2)37-28)31(5,38-26)16-6-15-30(3,4)36/h7-8,10-12,14,17,21,25,28,36H,6,9,13,15-16,18-19H2,1-5H3,(H,33,34)/t21-,25-,28+,31-/m1/s1. The number of aliphatic hydroxyl groups is 1. The molecule has 7 nitrogen and oxygen atoms in total. The Morgan fingerprint density at radius 1 is 1.13 bits per heavy atom. The first-order valence-corrected chi connectivity index (χ1v) is 13.6. The molecule has 4 rings (SSSR count). The molecule has 7 heteroatoms. The first kappa shape index (κ1) is 28.1.